The van der Waals surface area contributed by atoms with Gasteiger partial charge in [0.25, 0.3) is 5.91 Å². The first kappa shape index (κ1) is 15.6. The standard InChI is InChI=1S/C17H18N4OS/c1-11(2)3-4-19-16(22)14-5-12(7-18-8-14)13-6-15-17(20-9-13)23-10-21-15/h5-11H,3-4H2,1-2H3,(H,19,22). The van der Waals surface area contributed by atoms with Crippen molar-refractivity contribution in [2.24, 2.45) is 5.92 Å². The summed E-state index contributed by atoms with van der Waals surface area (Å²) in [6.07, 6.45) is 6.07. The second-order valence-corrected chi connectivity index (χ2v) is 6.63. The van der Waals surface area contributed by atoms with Gasteiger partial charge in [-0.1, -0.05) is 13.8 Å². The smallest absolute Gasteiger partial charge is 0.252 e. The van der Waals surface area contributed by atoms with Crippen LogP contribution in [0.15, 0.2) is 36.2 Å². The summed E-state index contributed by atoms with van der Waals surface area (Å²) in [5, 5.41) is 2.93. The number of amides is 1. The molecule has 5 nitrogen and oxygen atoms in total. The van der Waals surface area contributed by atoms with Crippen LogP contribution in [0.2, 0.25) is 0 Å². The molecule has 0 aliphatic rings. The van der Waals surface area contributed by atoms with Crippen molar-refractivity contribution in [1.29, 1.82) is 0 Å². The number of hydrogen-bond donors (Lipinski definition) is 1. The van der Waals surface area contributed by atoms with Crippen molar-refractivity contribution in [3.05, 3.63) is 41.8 Å². The molecule has 0 aromatic carbocycles. The summed E-state index contributed by atoms with van der Waals surface area (Å²) >= 11 is 1.51. The molecule has 3 aromatic heterocycles. The molecule has 0 unspecified atom stereocenters. The lowest BCUT2D eigenvalue weighted by Crippen LogP contribution is -2.25. The molecule has 6 heteroatoms. The highest BCUT2D eigenvalue weighted by Crippen LogP contribution is 2.23. The van der Waals surface area contributed by atoms with Crippen molar-refractivity contribution >= 4 is 27.6 Å². The van der Waals surface area contributed by atoms with Gasteiger partial charge in [-0.15, -0.1) is 11.3 Å². The first-order valence-corrected chi connectivity index (χ1v) is 8.44. The SMILES string of the molecule is CC(C)CCNC(=O)c1cncc(-c2cnc3scnc3c2)c1. The fourth-order valence-electron chi connectivity index (χ4n) is 2.21. The van der Waals surface area contributed by atoms with Crippen LogP contribution in [-0.4, -0.2) is 27.4 Å². The van der Waals surface area contributed by atoms with Crippen LogP contribution in [0, 0.1) is 5.92 Å². The van der Waals surface area contributed by atoms with Crippen molar-refractivity contribution < 1.29 is 4.79 Å². The van der Waals surface area contributed by atoms with Crippen molar-refractivity contribution in [3.8, 4) is 11.1 Å². The number of pyridine rings is 2. The molecule has 1 N–H and O–H groups in total. The molecule has 3 aromatic rings. The highest BCUT2D eigenvalue weighted by Gasteiger charge is 2.09. The highest BCUT2D eigenvalue weighted by molar-refractivity contribution is 7.16. The Bertz CT molecular complexity index is 828. The van der Waals surface area contributed by atoms with Gasteiger partial charge in [0.2, 0.25) is 0 Å². The number of carbonyl (C=O) groups is 1. The number of nitrogens with one attached hydrogen (secondary N) is 1. The minimum Gasteiger partial charge on any atom is -0.352 e. The van der Waals surface area contributed by atoms with Crippen LogP contribution in [0.5, 0.6) is 0 Å². The molecular weight excluding hydrogens is 308 g/mol. The van der Waals surface area contributed by atoms with Gasteiger partial charge >= 0.3 is 0 Å². The molecule has 23 heavy (non-hydrogen) atoms. The second kappa shape index (κ2) is 6.83. The quantitative estimate of drug-likeness (QED) is 0.779. The summed E-state index contributed by atoms with van der Waals surface area (Å²) in [5.74, 6) is 0.471. The monoisotopic (exact) mass is 326 g/mol. The molecular formula is C17H18N4OS. The number of nitrogens with zero attached hydrogens (tertiary/aromatic N) is 3. The minimum absolute atomic E-state index is 0.0947. The number of fused-ring (bicyclic) bond motifs is 1. The van der Waals surface area contributed by atoms with E-state index >= 15 is 0 Å². The van der Waals surface area contributed by atoms with E-state index in [4.69, 9.17) is 0 Å². The van der Waals surface area contributed by atoms with E-state index in [1.165, 1.54) is 11.3 Å². The van der Waals surface area contributed by atoms with Crippen LogP contribution < -0.4 is 5.32 Å². The van der Waals surface area contributed by atoms with Gasteiger partial charge in [-0.25, -0.2) is 9.97 Å². The fourth-order valence-corrected chi connectivity index (χ4v) is 2.83. The number of carbonyl (C=O) groups excluding carboxylic acids is 1. The highest BCUT2D eigenvalue weighted by atomic mass is 32.1. The van der Waals surface area contributed by atoms with E-state index in [0.29, 0.717) is 18.0 Å². The molecule has 1 amide bonds. The van der Waals surface area contributed by atoms with E-state index in [-0.39, 0.29) is 5.91 Å². The second-order valence-electron chi connectivity index (χ2n) is 5.80. The van der Waals surface area contributed by atoms with Gasteiger partial charge in [-0.3, -0.25) is 9.78 Å². The van der Waals surface area contributed by atoms with Crippen LogP contribution in [0.3, 0.4) is 0 Å². The van der Waals surface area contributed by atoms with Crippen LogP contribution in [0.1, 0.15) is 30.6 Å². The summed E-state index contributed by atoms with van der Waals surface area (Å²) in [6, 6.07) is 3.81. The zero-order valence-electron chi connectivity index (χ0n) is 13.1. The molecule has 118 valence electrons. The van der Waals surface area contributed by atoms with Crippen LogP contribution in [-0.2, 0) is 0 Å². The third-order valence-electron chi connectivity index (χ3n) is 3.53. The molecule has 3 rings (SSSR count). The minimum atomic E-state index is -0.0947. The molecule has 0 aliphatic carbocycles. The predicted molar refractivity (Wildman–Crippen MR) is 92.4 cm³/mol. The lowest BCUT2D eigenvalue weighted by atomic mass is 10.1. The summed E-state index contributed by atoms with van der Waals surface area (Å²) in [7, 11) is 0. The van der Waals surface area contributed by atoms with E-state index in [9.17, 15) is 4.79 Å². The van der Waals surface area contributed by atoms with Gasteiger partial charge in [0.1, 0.15) is 10.3 Å². The van der Waals surface area contributed by atoms with Crippen molar-refractivity contribution in [3.63, 3.8) is 0 Å². The maximum atomic E-state index is 12.2. The van der Waals surface area contributed by atoms with Gasteiger partial charge in [-0.2, -0.15) is 0 Å². The summed E-state index contributed by atoms with van der Waals surface area (Å²) in [6.45, 7) is 4.94. The molecule has 0 saturated carbocycles. The van der Waals surface area contributed by atoms with Gasteiger partial charge in [0, 0.05) is 36.3 Å². The zero-order chi connectivity index (χ0) is 16.2. The maximum absolute atomic E-state index is 12.2. The first-order valence-electron chi connectivity index (χ1n) is 7.56. The first-order chi connectivity index (χ1) is 11.1. The molecule has 3 heterocycles. The zero-order valence-corrected chi connectivity index (χ0v) is 13.9. The Morgan fingerprint density at radius 3 is 2.83 bits per heavy atom. The predicted octanol–water partition coefficient (Wildman–Crippen LogP) is 3.53. The van der Waals surface area contributed by atoms with E-state index < -0.39 is 0 Å². The van der Waals surface area contributed by atoms with E-state index in [1.807, 2.05) is 12.1 Å². The molecule has 0 spiro atoms. The number of thiazole rings is 1. The molecule has 0 bridgehead atoms. The van der Waals surface area contributed by atoms with E-state index in [0.717, 1.165) is 27.9 Å². The average Bonchev–Trinajstić information content (AvgIpc) is 3.02. The summed E-state index contributed by atoms with van der Waals surface area (Å²) in [5.41, 5.74) is 4.97. The number of rotatable bonds is 5. The molecule has 0 atom stereocenters. The van der Waals surface area contributed by atoms with Crippen molar-refractivity contribution in [2.75, 3.05) is 6.54 Å². The average molecular weight is 326 g/mol. The topological polar surface area (TPSA) is 67.8 Å². The fraction of sp³-hybridized carbons (Fsp3) is 0.294. The van der Waals surface area contributed by atoms with E-state index in [1.54, 1.807) is 24.1 Å². The van der Waals surface area contributed by atoms with Gasteiger partial charge in [-0.05, 0) is 24.5 Å². The molecule has 0 radical (unpaired) electrons. The Balaban J connectivity index is 1.80. The lowest BCUT2D eigenvalue weighted by molar-refractivity contribution is 0.0951. The van der Waals surface area contributed by atoms with Gasteiger partial charge in [0.15, 0.2) is 0 Å². The molecule has 0 fully saturated rings. The van der Waals surface area contributed by atoms with E-state index in [2.05, 4.69) is 34.1 Å². The number of aromatic nitrogens is 3. The summed E-state index contributed by atoms with van der Waals surface area (Å²) < 4.78 is 0. The Labute approximate surface area is 138 Å². The normalized spacial score (nSPS) is 11.1. The Morgan fingerprint density at radius 1 is 1.17 bits per heavy atom. The maximum Gasteiger partial charge on any atom is 0.252 e. The van der Waals surface area contributed by atoms with Crippen molar-refractivity contribution in [2.45, 2.75) is 20.3 Å². The van der Waals surface area contributed by atoms with Gasteiger partial charge in [0.05, 0.1) is 11.1 Å². The van der Waals surface area contributed by atoms with Crippen molar-refractivity contribution in [1.82, 2.24) is 20.3 Å². The lowest BCUT2D eigenvalue weighted by Gasteiger charge is -2.08. The Hall–Kier alpha value is -2.34. The van der Waals surface area contributed by atoms with Crippen LogP contribution in [0.25, 0.3) is 21.5 Å². The Kier molecular flexibility index (Phi) is 4.62. The van der Waals surface area contributed by atoms with Crippen LogP contribution >= 0.6 is 11.3 Å². The summed E-state index contributed by atoms with van der Waals surface area (Å²) in [4.78, 5) is 26.0. The van der Waals surface area contributed by atoms with Crippen LogP contribution in [0.4, 0.5) is 0 Å². The third-order valence-corrected chi connectivity index (χ3v) is 4.28. The third kappa shape index (κ3) is 3.71. The molecule has 0 saturated heterocycles. The van der Waals surface area contributed by atoms with Gasteiger partial charge < -0.3 is 5.32 Å². The Morgan fingerprint density at radius 2 is 2.00 bits per heavy atom. The largest absolute Gasteiger partial charge is 0.352 e. The number of hydrogen-bond acceptors (Lipinski definition) is 5. The molecule has 0 aliphatic heterocycles.